The summed E-state index contributed by atoms with van der Waals surface area (Å²) in [5, 5.41) is 3.73. The maximum absolute atomic E-state index is 5.03. The van der Waals surface area contributed by atoms with Crippen molar-refractivity contribution in [2.75, 3.05) is 0 Å². The molecule has 0 bridgehead atoms. The Kier molecular flexibility index (Phi) is 1.85. The molecule has 3 heteroatoms. The molecule has 1 aromatic carbocycles. The third-order valence-corrected chi connectivity index (χ3v) is 1.83. The Morgan fingerprint density at radius 2 is 1.77 bits per heavy atom. The Morgan fingerprint density at radius 3 is 2.31 bits per heavy atom. The molecule has 0 spiro atoms. The second-order valence-electron chi connectivity index (χ2n) is 3.01. The van der Waals surface area contributed by atoms with Crippen LogP contribution in [0.25, 0.3) is 11.5 Å². The summed E-state index contributed by atoms with van der Waals surface area (Å²) in [6.45, 7) is 3.85. The molecule has 0 saturated heterocycles. The van der Waals surface area contributed by atoms with Crippen LogP contribution in [-0.4, -0.2) is 10.1 Å². The number of hydrogen-bond donors (Lipinski definition) is 0. The van der Waals surface area contributed by atoms with E-state index < -0.39 is 0 Å². The van der Waals surface area contributed by atoms with Gasteiger partial charge in [0.2, 0.25) is 0 Å². The van der Waals surface area contributed by atoms with Crippen molar-refractivity contribution in [1.29, 1.82) is 0 Å². The van der Waals surface area contributed by atoms with E-state index in [1.807, 2.05) is 31.2 Å². The van der Waals surface area contributed by atoms with Crippen LogP contribution in [0.5, 0.6) is 0 Å². The maximum Gasteiger partial charge on any atom is 0.257 e. The molecule has 66 valence electrons. The van der Waals surface area contributed by atoms with E-state index in [0.717, 1.165) is 5.56 Å². The average molecular weight is 174 g/mol. The molecule has 1 aromatic heterocycles. The summed E-state index contributed by atoms with van der Waals surface area (Å²) in [5.74, 6) is 1.24. The topological polar surface area (TPSA) is 38.9 Å². The van der Waals surface area contributed by atoms with Gasteiger partial charge >= 0.3 is 0 Å². The fourth-order valence-electron chi connectivity index (χ4n) is 1.11. The summed E-state index contributed by atoms with van der Waals surface area (Å²) >= 11 is 0. The van der Waals surface area contributed by atoms with Gasteiger partial charge in [-0.1, -0.05) is 22.9 Å². The molecule has 0 amide bonds. The summed E-state index contributed by atoms with van der Waals surface area (Å²) < 4.78 is 5.03. The van der Waals surface area contributed by atoms with E-state index in [-0.39, 0.29) is 0 Å². The van der Waals surface area contributed by atoms with Gasteiger partial charge in [-0.2, -0.15) is 4.98 Å². The molecule has 0 aliphatic heterocycles. The van der Waals surface area contributed by atoms with Crippen molar-refractivity contribution in [3.05, 3.63) is 35.7 Å². The van der Waals surface area contributed by atoms with E-state index >= 15 is 0 Å². The molecule has 2 rings (SSSR count). The lowest BCUT2D eigenvalue weighted by atomic mass is 10.1. The summed E-state index contributed by atoms with van der Waals surface area (Å²) in [5.41, 5.74) is 2.19. The summed E-state index contributed by atoms with van der Waals surface area (Å²) in [6.07, 6.45) is 0. The van der Waals surface area contributed by atoms with Crippen molar-refractivity contribution >= 4 is 0 Å². The second kappa shape index (κ2) is 3.01. The minimum atomic E-state index is 0.581. The summed E-state index contributed by atoms with van der Waals surface area (Å²) in [4.78, 5) is 4.13. The smallest absolute Gasteiger partial charge is 0.257 e. The van der Waals surface area contributed by atoms with Crippen LogP contribution in [0.15, 0.2) is 28.8 Å². The predicted molar refractivity (Wildman–Crippen MR) is 49.2 cm³/mol. The Morgan fingerprint density at radius 1 is 1.08 bits per heavy atom. The largest absolute Gasteiger partial charge is 0.334 e. The fourth-order valence-corrected chi connectivity index (χ4v) is 1.11. The molecule has 0 atom stereocenters. The van der Waals surface area contributed by atoms with Crippen molar-refractivity contribution in [1.82, 2.24) is 10.1 Å². The molecule has 2 aromatic rings. The van der Waals surface area contributed by atoms with Crippen LogP contribution in [0.3, 0.4) is 0 Å². The van der Waals surface area contributed by atoms with Gasteiger partial charge < -0.3 is 4.52 Å². The lowest BCUT2D eigenvalue weighted by molar-refractivity contribution is 0.425. The number of aryl methyl sites for hydroxylation is 2. The molecule has 13 heavy (non-hydrogen) atoms. The molecule has 0 N–H and O–H groups in total. The van der Waals surface area contributed by atoms with Crippen LogP contribution < -0.4 is 0 Å². The highest BCUT2D eigenvalue weighted by Gasteiger charge is 2.04. The van der Waals surface area contributed by atoms with Crippen LogP contribution >= 0.6 is 0 Å². The van der Waals surface area contributed by atoms with E-state index in [4.69, 9.17) is 4.52 Å². The van der Waals surface area contributed by atoms with E-state index in [2.05, 4.69) is 10.1 Å². The van der Waals surface area contributed by atoms with Crippen molar-refractivity contribution in [2.24, 2.45) is 0 Å². The van der Waals surface area contributed by atoms with E-state index in [9.17, 15) is 0 Å². The fraction of sp³-hybridized carbons (Fsp3) is 0.200. The molecule has 0 fully saturated rings. The normalized spacial score (nSPS) is 10.3. The van der Waals surface area contributed by atoms with Crippen molar-refractivity contribution in [2.45, 2.75) is 13.8 Å². The van der Waals surface area contributed by atoms with E-state index in [1.54, 1.807) is 6.92 Å². The zero-order chi connectivity index (χ0) is 9.26. The van der Waals surface area contributed by atoms with Gasteiger partial charge in [0.1, 0.15) is 0 Å². The van der Waals surface area contributed by atoms with E-state index in [1.165, 1.54) is 5.56 Å². The van der Waals surface area contributed by atoms with E-state index in [0.29, 0.717) is 11.7 Å². The molecule has 0 radical (unpaired) electrons. The number of rotatable bonds is 1. The van der Waals surface area contributed by atoms with Crippen LogP contribution in [0.2, 0.25) is 0 Å². The molecular weight excluding hydrogens is 164 g/mol. The van der Waals surface area contributed by atoms with Crippen LogP contribution in [0, 0.1) is 13.8 Å². The third-order valence-electron chi connectivity index (χ3n) is 1.83. The number of benzene rings is 1. The Balaban J connectivity index is 2.41. The van der Waals surface area contributed by atoms with Gasteiger partial charge in [0.25, 0.3) is 5.89 Å². The number of nitrogens with zero attached hydrogens (tertiary/aromatic N) is 2. The van der Waals surface area contributed by atoms with Gasteiger partial charge in [0.15, 0.2) is 5.82 Å². The van der Waals surface area contributed by atoms with Gasteiger partial charge in [-0.15, -0.1) is 0 Å². The second-order valence-corrected chi connectivity index (χ2v) is 3.01. The zero-order valence-corrected chi connectivity index (χ0v) is 7.61. The lowest BCUT2D eigenvalue weighted by Gasteiger charge is -1.93. The third kappa shape index (κ3) is 1.59. The minimum absolute atomic E-state index is 0.581. The molecule has 0 unspecified atom stereocenters. The standard InChI is InChI=1S/C10H10N2O/c1-7-3-5-9(6-4-7)10-11-8(2)12-13-10/h3-6H,1-2H3. The van der Waals surface area contributed by atoms with Gasteiger partial charge in [-0.25, -0.2) is 0 Å². The molecule has 0 saturated carbocycles. The van der Waals surface area contributed by atoms with Crippen molar-refractivity contribution < 1.29 is 4.52 Å². The first-order valence-electron chi connectivity index (χ1n) is 4.13. The quantitative estimate of drug-likeness (QED) is 0.666. The monoisotopic (exact) mass is 174 g/mol. The Hall–Kier alpha value is -1.64. The zero-order valence-electron chi connectivity index (χ0n) is 7.61. The van der Waals surface area contributed by atoms with Gasteiger partial charge in [0.05, 0.1) is 0 Å². The van der Waals surface area contributed by atoms with Gasteiger partial charge in [0, 0.05) is 5.56 Å². The highest BCUT2D eigenvalue weighted by atomic mass is 16.5. The SMILES string of the molecule is Cc1ccc(-c2nc(C)no2)cc1. The maximum atomic E-state index is 5.03. The molecule has 3 nitrogen and oxygen atoms in total. The first kappa shape index (κ1) is 7.98. The summed E-state index contributed by atoms with van der Waals surface area (Å²) in [6, 6.07) is 7.99. The first-order chi connectivity index (χ1) is 6.25. The molecule has 1 heterocycles. The molecular formula is C10H10N2O. The first-order valence-corrected chi connectivity index (χ1v) is 4.13. The highest BCUT2D eigenvalue weighted by molar-refractivity contribution is 5.52. The lowest BCUT2D eigenvalue weighted by Crippen LogP contribution is -1.78. The number of aromatic nitrogens is 2. The van der Waals surface area contributed by atoms with Crippen LogP contribution in [-0.2, 0) is 0 Å². The number of hydrogen-bond acceptors (Lipinski definition) is 3. The van der Waals surface area contributed by atoms with Crippen molar-refractivity contribution in [3.8, 4) is 11.5 Å². The van der Waals surface area contributed by atoms with Gasteiger partial charge in [-0.05, 0) is 26.0 Å². The average Bonchev–Trinajstić information content (AvgIpc) is 2.53. The minimum Gasteiger partial charge on any atom is -0.334 e. The Bertz CT molecular complexity index is 403. The molecule has 0 aliphatic rings. The Labute approximate surface area is 76.4 Å². The highest BCUT2D eigenvalue weighted by Crippen LogP contribution is 2.16. The van der Waals surface area contributed by atoms with Crippen LogP contribution in [0.4, 0.5) is 0 Å². The van der Waals surface area contributed by atoms with Crippen LogP contribution in [0.1, 0.15) is 11.4 Å². The van der Waals surface area contributed by atoms with Crippen molar-refractivity contribution in [3.63, 3.8) is 0 Å². The molecule has 0 aliphatic carbocycles. The van der Waals surface area contributed by atoms with Gasteiger partial charge in [-0.3, -0.25) is 0 Å². The predicted octanol–water partition coefficient (Wildman–Crippen LogP) is 2.35. The summed E-state index contributed by atoms with van der Waals surface area (Å²) in [7, 11) is 0.